The maximum atomic E-state index is 12.9. The highest BCUT2D eigenvalue weighted by molar-refractivity contribution is 5.85. The smallest absolute Gasteiger partial charge is 0.224 e. The first-order valence-electron chi connectivity index (χ1n) is 10.9. The zero-order chi connectivity index (χ0) is 19.7. The molecule has 0 saturated carbocycles. The molecule has 0 bridgehead atoms. The van der Waals surface area contributed by atoms with E-state index in [2.05, 4.69) is 48.0 Å². The topological polar surface area (TPSA) is 43.9 Å². The number of fused-ring (bicyclic) bond motifs is 1. The van der Waals surface area contributed by atoms with Gasteiger partial charge in [-0.05, 0) is 43.9 Å². The Morgan fingerprint density at radius 2 is 1.90 bits per heavy atom. The van der Waals surface area contributed by atoms with Crippen LogP contribution in [-0.2, 0) is 9.59 Å². The van der Waals surface area contributed by atoms with E-state index in [1.165, 1.54) is 11.1 Å². The Kier molecular flexibility index (Phi) is 7.23. The van der Waals surface area contributed by atoms with Crippen LogP contribution in [0.2, 0.25) is 0 Å². The summed E-state index contributed by atoms with van der Waals surface area (Å²) in [5, 5.41) is 0. The number of halogens is 1. The lowest BCUT2D eigenvalue weighted by atomic mass is 9.88. The molecular weight excluding hydrogens is 386 g/mol. The van der Waals surface area contributed by atoms with Crippen LogP contribution >= 0.6 is 12.4 Å². The first kappa shape index (κ1) is 22.1. The van der Waals surface area contributed by atoms with Gasteiger partial charge in [-0.3, -0.25) is 14.5 Å². The highest BCUT2D eigenvalue weighted by atomic mass is 35.5. The predicted molar refractivity (Wildman–Crippen MR) is 117 cm³/mol. The van der Waals surface area contributed by atoms with Crippen molar-refractivity contribution >= 4 is 24.2 Å². The normalized spacial score (nSPS) is 27.5. The molecule has 3 saturated heterocycles. The minimum absolute atomic E-state index is 0. The molecule has 3 aliphatic heterocycles. The third-order valence-corrected chi connectivity index (χ3v) is 7.02. The Labute approximate surface area is 180 Å². The SMILES string of the molecule is Cc1ccccc1[C@H]1[C@@H]2CN(C(=O)CCN3CCCCCC3=O)C[C@@H]2CN1C.Cl. The van der Waals surface area contributed by atoms with E-state index in [-0.39, 0.29) is 24.2 Å². The Hall–Kier alpha value is -1.59. The molecule has 1 aromatic carbocycles. The van der Waals surface area contributed by atoms with Crippen molar-refractivity contribution in [1.29, 1.82) is 0 Å². The van der Waals surface area contributed by atoms with Crippen LogP contribution in [0.15, 0.2) is 24.3 Å². The van der Waals surface area contributed by atoms with E-state index in [0.29, 0.717) is 37.3 Å². The molecule has 0 unspecified atom stereocenters. The number of hydrogen-bond acceptors (Lipinski definition) is 3. The van der Waals surface area contributed by atoms with Gasteiger partial charge in [-0.25, -0.2) is 0 Å². The lowest BCUT2D eigenvalue weighted by Crippen LogP contribution is -2.37. The Morgan fingerprint density at radius 3 is 2.69 bits per heavy atom. The van der Waals surface area contributed by atoms with Crippen LogP contribution < -0.4 is 0 Å². The minimum Gasteiger partial charge on any atom is -0.342 e. The van der Waals surface area contributed by atoms with Crippen molar-refractivity contribution in [2.45, 2.75) is 45.1 Å². The summed E-state index contributed by atoms with van der Waals surface area (Å²) in [6.07, 6.45) is 4.30. The zero-order valence-corrected chi connectivity index (χ0v) is 18.5. The molecule has 0 spiro atoms. The summed E-state index contributed by atoms with van der Waals surface area (Å²) in [7, 11) is 2.21. The number of amides is 2. The standard InChI is InChI=1S/C23H33N3O2.ClH/c1-17-8-5-6-9-19(17)23-20-16-26(15-18(20)14-24(23)2)22(28)11-13-25-12-7-3-4-10-21(25)27;/h5-6,8-9,18,20,23H,3-4,7,10-16H2,1-2H3;1H/t18-,20+,23-;/m0./s1. The van der Waals surface area contributed by atoms with E-state index in [9.17, 15) is 9.59 Å². The van der Waals surface area contributed by atoms with Crippen molar-refractivity contribution in [2.24, 2.45) is 11.8 Å². The third-order valence-electron chi connectivity index (χ3n) is 7.02. The Morgan fingerprint density at radius 1 is 1.10 bits per heavy atom. The summed E-state index contributed by atoms with van der Waals surface area (Å²) in [4.78, 5) is 31.5. The number of aryl methyl sites for hydroxylation is 1. The second-order valence-electron chi connectivity index (χ2n) is 8.91. The number of nitrogens with zero attached hydrogens (tertiary/aromatic N) is 3. The van der Waals surface area contributed by atoms with Gasteiger partial charge in [0.15, 0.2) is 0 Å². The van der Waals surface area contributed by atoms with E-state index in [4.69, 9.17) is 0 Å². The van der Waals surface area contributed by atoms with Crippen molar-refractivity contribution < 1.29 is 9.59 Å². The molecule has 3 aliphatic rings. The average Bonchev–Trinajstić information content (AvgIpc) is 3.12. The van der Waals surface area contributed by atoms with Gasteiger partial charge in [0.1, 0.15) is 0 Å². The lowest BCUT2D eigenvalue weighted by molar-refractivity contribution is -0.133. The number of carbonyl (C=O) groups excluding carboxylic acids is 2. The molecule has 2 amide bonds. The number of carbonyl (C=O) groups is 2. The Balaban J connectivity index is 0.00000240. The molecule has 3 heterocycles. The monoisotopic (exact) mass is 419 g/mol. The quantitative estimate of drug-likeness (QED) is 0.752. The fourth-order valence-electron chi connectivity index (χ4n) is 5.51. The van der Waals surface area contributed by atoms with Gasteiger partial charge in [0.25, 0.3) is 0 Å². The molecule has 0 radical (unpaired) electrons. The van der Waals surface area contributed by atoms with Gasteiger partial charge in [-0.15, -0.1) is 12.4 Å². The maximum absolute atomic E-state index is 12.9. The van der Waals surface area contributed by atoms with Gasteiger partial charge < -0.3 is 9.80 Å². The van der Waals surface area contributed by atoms with E-state index in [1.54, 1.807) is 0 Å². The van der Waals surface area contributed by atoms with E-state index in [1.807, 2.05) is 4.90 Å². The molecule has 1 aromatic rings. The molecule has 0 N–H and O–H groups in total. The molecule has 6 heteroatoms. The fraction of sp³-hybridized carbons (Fsp3) is 0.652. The molecule has 0 aromatic heterocycles. The summed E-state index contributed by atoms with van der Waals surface area (Å²) < 4.78 is 0. The highest BCUT2D eigenvalue weighted by Crippen LogP contribution is 2.44. The van der Waals surface area contributed by atoms with Gasteiger partial charge in [-0.1, -0.05) is 30.7 Å². The number of likely N-dealkylation sites (tertiary alicyclic amines) is 3. The summed E-state index contributed by atoms with van der Waals surface area (Å²) in [5.41, 5.74) is 2.74. The Bertz CT molecular complexity index is 741. The molecule has 3 fully saturated rings. The van der Waals surface area contributed by atoms with E-state index in [0.717, 1.165) is 45.4 Å². The summed E-state index contributed by atoms with van der Waals surface area (Å²) in [6.45, 7) is 6.36. The van der Waals surface area contributed by atoms with Gasteiger partial charge in [-0.2, -0.15) is 0 Å². The molecule has 0 aliphatic carbocycles. The first-order chi connectivity index (χ1) is 13.5. The maximum Gasteiger partial charge on any atom is 0.224 e. The van der Waals surface area contributed by atoms with E-state index >= 15 is 0 Å². The van der Waals surface area contributed by atoms with Crippen LogP contribution in [0.3, 0.4) is 0 Å². The molecule has 29 heavy (non-hydrogen) atoms. The zero-order valence-electron chi connectivity index (χ0n) is 17.7. The van der Waals surface area contributed by atoms with Crippen LogP contribution in [0.5, 0.6) is 0 Å². The van der Waals surface area contributed by atoms with Crippen LogP contribution in [0, 0.1) is 18.8 Å². The van der Waals surface area contributed by atoms with Crippen molar-refractivity contribution in [1.82, 2.24) is 14.7 Å². The second kappa shape index (κ2) is 9.48. The second-order valence-corrected chi connectivity index (χ2v) is 8.91. The summed E-state index contributed by atoms with van der Waals surface area (Å²) >= 11 is 0. The number of benzene rings is 1. The average molecular weight is 420 g/mol. The highest BCUT2D eigenvalue weighted by Gasteiger charge is 2.47. The van der Waals surface area contributed by atoms with Crippen LogP contribution in [-0.4, -0.2) is 66.3 Å². The predicted octanol–water partition coefficient (Wildman–Crippen LogP) is 3.27. The molecule has 160 valence electrons. The van der Waals surface area contributed by atoms with Gasteiger partial charge >= 0.3 is 0 Å². The first-order valence-corrected chi connectivity index (χ1v) is 10.9. The van der Waals surface area contributed by atoms with Crippen molar-refractivity contribution in [3.8, 4) is 0 Å². The van der Waals surface area contributed by atoms with Gasteiger partial charge in [0.2, 0.25) is 11.8 Å². The fourth-order valence-corrected chi connectivity index (χ4v) is 5.51. The molecule has 5 nitrogen and oxygen atoms in total. The third kappa shape index (κ3) is 4.61. The summed E-state index contributed by atoms with van der Waals surface area (Å²) in [5.74, 6) is 1.51. The van der Waals surface area contributed by atoms with Crippen molar-refractivity contribution in [3.63, 3.8) is 0 Å². The molecule has 3 atom stereocenters. The van der Waals surface area contributed by atoms with Gasteiger partial charge in [0, 0.05) is 57.5 Å². The molecular formula is C23H34ClN3O2. The van der Waals surface area contributed by atoms with Crippen LogP contribution in [0.25, 0.3) is 0 Å². The van der Waals surface area contributed by atoms with Crippen molar-refractivity contribution in [3.05, 3.63) is 35.4 Å². The van der Waals surface area contributed by atoms with Crippen molar-refractivity contribution in [2.75, 3.05) is 39.8 Å². The van der Waals surface area contributed by atoms with Crippen LogP contribution in [0.1, 0.15) is 49.3 Å². The van der Waals surface area contributed by atoms with Gasteiger partial charge in [0.05, 0.1) is 0 Å². The minimum atomic E-state index is 0. The summed E-state index contributed by atoms with van der Waals surface area (Å²) in [6, 6.07) is 9.05. The number of hydrogen-bond donors (Lipinski definition) is 0. The van der Waals surface area contributed by atoms with Crippen LogP contribution in [0.4, 0.5) is 0 Å². The lowest BCUT2D eigenvalue weighted by Gasteiger charge is -2.28. The number of rotatable bonds is 4. The van der Waals surface area contributed by atoms with E-state index < -0.39 is 0 Å². The largest absolute Gasteiger partial charge is 0.342 e. The molecule has 4 rings (SSSR count).